The van der Waals surface area contributed by atoms with Gasteiger partial charge in [0.15, 0.2) is 11.6 Å². The Kier molecular flexibility index (Phi) is 8.56. The van der Waals surface area contributed by atoms with Crippen LogP contribution in [0, 0.1) is 11.7 Å². The lowest BCUT2D eigenvalue weighted by molar-refractivity contribution is -0.127. The topological polar surface area (TPSA) is 83.9 Å². The van der Waals surface area contributed by atoms with Crippen molar-refractivity contribution in [3.63, 3.8) is 0 Å². The number of hydrogen-bond acceptors (Lipinski definition) is 5. The predicted molar refractivity (Wildman–Crippen MR) is 166 cm³/mol. The Morgan fingerprint density at radius 2 is 1.86 bits per heavy atom. The zero-order chi connectivity index (χ0) is 30.2. The van der Waals surface area contributed by atoms with E-state index in [2.05, 4.69) is 5.32 Å². The lowest BCUT2D eigenvalue weighted by Crippen LogP contribution is -2.36. The molecule has 1 aliphatic carbocycles. The minimum Gasteiger partial charge on any atom is -0.492 e. The van der Waals surface area contributed by atoms with Crippen LogP contribution in [0.4, 0.5) is 10.1 Å². The number of methoxy groups -OCH3 is 1. The number of rotatable bonds is 9. The van der Waals surface area contributed by atoms with Crippen molar-refractivity contribution in [2.45, 2.75) is 57.5 Å². The highest BCUT2D eigenvalue weighted by atomic mass is 35.5. The van der Waals surface area contributed by atoms with Crippen molar-refractivity contribution in [3.8, 4) is 5.75 Å². The van der Waals surface area contributed by atoms with Crippen LogP contribution in [0.3, 0.4) is 0 Å². The quantitative estimate of drug-likeness (QED) is 0.317. The summed E-state index contributed by atoms with van der Waals surface area (Å²) in [6.45, 7) is 3.04. The molecule has 3 aromatic rings. The highest BCUT2D eigenvalue weighted by Gasteiger charge is 2.32. The van der Waals surface area contributed by atoms with E-state index in [1.54, 1.807) is 24.4 Å². The number of piperidine rings is 1. The van der Waals surface area contributed by atoms with Gasteiger partial charge in [-0.05, 0) is 68.2 Å². The van der Waals surface area contributed by atoms with E-state index in [-0.39, 0.29) is 29.4 Å². The Morgan fingerprint density at radius 1 is 1.09 bits per heavy atom. The molecule has 11 heteroatoms. The molecule has 0 radical (unpaired) electrons. The molecule has 3 aliphatic rings. The summed E-state index contributed by atoms with van der Waals surface area (Å²) < 4.78 is 23.7. The molecule has 1 aromatic heterocycles. The predicted octanol–water partition coefficient (Wildman–Crippen LogP) is 5.95. The van der Waals surface area contributed by atoms with Crippen molar-refractivity contribution in [1.82, 2.24) is 14.8 Å². The van der Waals surface area contributed by atoms with Crippen LogP contribution < -0.4 is 20.4 Å². The smallest absolute Gasteiger partial charge is 0.257 e. The summed E-state index contributed by atoms with van der Waals surface area (Å²) in [5, 5.41) is 3.78. The number of fused-ring (bicyclic) bond motifs is 1. The van der Waals surface area contributed by atoms with Crippen molar-refractivity contribution in [2.24, 2.45) is 5.92 Å². The van der Waals surface area contributed by atoms with E-state index in [1.807, 2.05) is 14.4 Å². The highest BCUT2D eigenvalue weighted by molar-refractivity contribution is 6.35. The van der Waals surface area contributed by atoms with Gasteiger partial charge in [-0.1, -0.05) is 29.3 Å². The minimum absolute atomic E-state index is 0.0593. The summed E-state index contributed by atoms with van der Waals surface area (Å²) in [6, 6.07) is 6.33. The number of nitrogens with one attached hydrogen (secondary N) is 1. The van der Waals surface area contributed by atoms with E-state index >= 15 is 4.39 Å². The van der Waals surface area contributed by atoms with Crippen LogP contribution >= 0.6 is 23.2 Å². The van der Waals surface area contributed by atoms with Gasteiger partial charge in [-0.2, -0.15) is 0 Å². The summed E-state index contributed by atoms with van der Waals surface area (Å²) in [5.74, 6) is -0.0785. The summed E-state index contributed by atoms with van der Waals surface area (Å²) in [7, 11) is 1.50. The summed E-state index contributed by atoms with van der Waals surface area (Å²) in [6.07, 6.45) is 7.67. The van der Waals surface area contributed by atoms with Crippen molar-refractivity contribution < 1.29 is 18.7 Å². The summed E-state index contributed by atoms with van der Waals surface area (Å²) >= 11 is 12.2. The van der Waals surface area contributed by atoms with Crippen LogP contribution in [0.15, 0.2) is 35.3 Å². The molecule has 2 aromatic carbocycles. The molecule has 2 amide bonds. The van der Waals surface area contributed by atoms with Gasteiger partial charge in [-0.15, -0.1) is 0 Å². The van der Waals surface area contributed by atoms with Gasteiger partial charge in [-0.3, -0.25) is 14.4 Å². The number of pyridine rings is 1. The lowest BCUT2D eigenvalue weighted by Gasteiger charge is -2.35. The molecule has 0 atom stereocenters. The van der Waals surface area contributed by atoms with E-state index in [1.165, 1.54) is 13.2 Å². The Bertz CT molecular complexity index is 1630. The van der Waals surface area contributed by atoms with Crippen LogP contribution in [-0.4, -0.2) is 54.6 Å². The molecule has 0 bridgehead atoms. The van der Waals surface area contributed by atoms with Gasteiger partial charge >= 0.3 is 0 Å². The normalized spacial score (nSPS) is 17.6. The van der Waals surface area contributed by atoms with E-state index in [0.717, 1.165) is 51.6 Å². The van der Waals surface area contributed by atoms with Gasteiger partial charge in [-0.25, -0.2) is 4.39 Å². The molecule has 6 rings (SSSR count). The van der Waals surface area contributed by atoms with E-state index in [0.29, 0.717) is 58.0 Å². The standard InChI is InChI=1S/C32H35Cl2FN4O4/c1-43-31-28-23(16-26(35)29(31)38-13-9-19(10-14-38)8-12-37-11-2-3-27(37)40)30(41)24(18-39(28)22-6-7-22)32(42)36-17-20-4-5-21(33)15-25(20)34/h4-5,15-16,18-19,22H,2-3,6-14,17H2,1H3,(H,36,42). The van der Waals surface area contributed by atoms with Crippen molar-refractivity contribution >= 4 is 51.6 Å². The zero-order valence-corrected chi connectivity index (χ0v) is 25.6. The Balaban J connectivity index is 1.26. The molecule has 2 saturated heterocycles. The number of anilines is 1. The van der Waals surface area contributed by atoms with Gasteiger partial charge in [0.2, 0.25) is 11.3 Å². The maximum absolute atomic E-state index is 15.9. The SMILES string of the molecule is COc1c(N2CCC(CCN3CCCC3=O)CC2)c(F)cc2c(=O)c(C(=O)NCc3ccc(Cl)cc3Cl)cn(C3CC3)c12. The van der Waals surface area contributed by atoms with E-state index in [9.17, 15) is 14.4 Å². The monoisotopic (exact) mass is 628 g/mol. The zero-order valence-electron chi connectivity index (χ0n) is 24.1. The number of halogens is 3. The van der Waals surface area contributed by atoms with Crippen molar-refractivity contribution in [3.05, 3.63) is 67.7 Å². The molecule has 3 fully saturated rings. The first-order valence-electron chi connectivity index (χ1n) is 14.9. The molecule has 228 valence electrons. The van der Waals surface area contributed by atoms with Crippen LogP contribution in [0.25, 0.3) is 10.9 Å². The number of likely N-dealkylation sites (tertiary alicyclic amines) is 1. The fourth-order valence-electron chi connectivity index (χ4n) is 6.39. The third kappa shape index (κ3) is 6.07. The number of carbonyl (C=O) groups is 2. The molecule has 3 heterocycles. The third-order valence-electron chi connectivity index (χ3n) is 8.95. The number of hydrogen-bond donors (Lipinski definition) is 1. The second-order valence-corrected chi connectivity index (χ2v) is 12.6. The minimum atomic E-state index is -0.562. The van der Waals surface area contributed by atoms with Crippen LogP contribution in [-0.2, 0) is 11.3 Å². The second kappa shape index (κ2) is 12.4. The average molecular weight is 630 g/mol. The van der Waals surface area contributed by atoms with Gasteiger partial charge in [0.1, 0.15) is 11.3 Å². The molecule has 1 saturated carbocycles. The summed E-state index contributed by atoms with van der Waals surface area (Å²) in [4.78, 5) is 42.8. The number of benzene rings is 2. The number of carbonyl (C=O) groups excluding carboxylic acids is 2. The maximum atomic E-state index is 15.9. The molecular formula is C32H35Cl2FN4O4. The fraction of sp³-hybridized carbons (Fsp3) is 0.469. The summed E-state index contributed by atoms with van der Waals surface area (Å²) in [5.41, 5.74) is 0.916. The molecule has 0 unspecified atom stereocenters. The first kappa shape index (κ1) is 29.8. The van der Waals surface area contributed by atoms with Gasteiger partial charge in [0, 0.05) is 61.4 Å². The van der Waals surface area contributed by atoms with E-state index in [4.69, 9.17) is 27.9 Å². The van der Waals surface area contributed by atoms with Crippen molar-refractivity contribution in [2.75, 3.05) is 38.2 Å². The largest absolute Gasteiger partial charge is 0.492 e. The fourth-order valence-corrected chi connectivity index (χ4v) is 6.87. The molecule has 43 heavy (non-hydrogen) atoms. The molecule has 8 nitrogen and oxygen atoms in total. The number of aromatic nitrogens is 1. The number of nitrogens with zero attached hydrogens (tertiary/aromatic N) is 3. The van der Waals surface area contributed by atoms with Crippen LogP contribution in [0.5, 0.6) is 5.75 Å². The number of ether oxygens (including phenoxy) is 1. The third-order valence-corrected chi connectivity index (χ3v) is 9.54. The molecule has 2 aliphatic heterocycles. The van der Waals surface area contributed by atoms with Gasteiger partial charge < -0.3 is 24.4 Å². The van der Waals surface area contributed by atoms with Gasteiger partial charge in [0.05, 0.1) is 18.0 Å². The second-order valence-electron chi connectivity index (χ2n) is 11.8. The van der Waals surface area contributed by atoms with Crippen LogP contribution in [0.2, 0.25) is 10.0 Å². The average Bonchev–Trinajstić information content (AvgIpc) is 3.76. The van der Waals surface area contributed by atoms with E-state index < -0.39 is 17.2 Å². The maximum Gasteiger partial charge on any atom is 0.257 e. The Labute approximate surface area is 259 Å². The first-order chi connectivity index (χ1) is 20.7. The first-order valence-corrected chi connectivity index (χ1v) is 15.7. The Hall–Kier alpha value is -3.30. The molecule has 1 N–H and O–H groups in total. The highest BCUT2D eigenvalue weighted by Crippen LogP contribution is 2.44. The molecular weight excluding hydrogens is 594 g/mol. The van der Waals surface area contributed by atoms with Crippen molar-refractivity contribution in [1.29, 1.82) is 0 Å². The van der Waals surface area contributed by atoms with Gasteiger partial charge in [0.25, 0.3) is 5.91 Å². The van der Waals surface area contributed by atoms with Crippen LogP contribution in [0.1, 0.15) is 66.9 Å². The molecule has 0 spiro atoms. The Morgan fingerprint density at radius 3 is 2.51 bits per heavy atom. The lowest BCUT2D eigenvalue weighted by atomic mass is 9.92. The number of amides is 2.